The second-order valence-electron chi connectivity index (χ2n) is 5.65. The Morgan fingerprint density at radius 2 is 1.88 bits per heavy atom. The molecule has 0 aliphatic carbocycles. The summed E-state index contributed by atoms with van der Waals surface area (Å²) < 4.78 is 5.69. The van der Waals surface area contributed by atoms with Crippen molar-refractivity contribution in [2.75, 3.05) is 0 Å². The van der Waals surface area contributed by atoms with E-state index >= 15 is 0 Å². The molecule has 0 saturated carbocycles. The van der Waals surface area contributed by atoms with Crippen LogP contribution in [0.1, 0.15) is 30.0 Å². The van der Waals surface area contributed by atoms with Crippen molar-refractivity contribution in [3.8, 4) is 22.6 Å². The summed E-state index contributed by atoms with van der Waals surface area (Å²) in [4.78, 5) is 0. The highest BCUT2D eigenvalue weighted by atomic mass is 79.9. The molecule has 124 valence electrons. The summed E-state index contributed by atoms with van der Waals surface area (Å²) in [5, 5.41) is 8.86. The van der Waals surface area contributed by atoms with Crippen LogP contribution in [-0.2, 0) is 11.9 Å². The molecule has 4 N–H and O–H groups in total. The van der Waals surface area contributed by atoms with Gasteiger partial charge in [0.05, 0.1) is 6.04 Å². The molecule has 3 rings (SSSR count). The number of nitrogens with two attached hydrogens (primary N) is 2. The molecule has 0 spiro atoms. The predicted molar refractivity (Wildman–Crippen MR) is 98.3 cm³/mol. The Morgan fingerprint density at radius 3 is 2.54 bits per heavy atom. The van der Waals surface area contributed by atoms with Crippen LogP contribution in [0.4, 0.5) is 0 Å². The van der Waals surface area contributed by atoms with Crippen molar-refractivity contribution in [1.29, 1.82) is 0 Å². The summed E-state index contributed by atoms with van der Waals surface area (Å²) in [7, 11) is 0. The maximum Gasteiger partial charge on any atom is 0.247 e. The number of benzene rings is 2. The lowest BCUT2D eigenvalue weighted by molar-refractivity contribution is 0.473. The highest BCUT2D eigenvalue weighted by molar-refractivity contribution is 9.08. The van der Waals surface area contributed by atoms with Crippen LogP contribution >= 0.6 is 15.9 Å². The van der Waals surface area contributed by atoms with E-state index in [-0.39, 0.29) is 6.04 Å². The molecule has 0 saturated heterocycles. The van der Waals surface area contributed by atoms with E-state index in [1.807, 2.05) is 37.3 Å². The number of alkyl halides is 1. The fourth-order valence-corrected chi connectivity index (χ4v) is 2.89. The molecule has 0 radical (unpaired) electrons. The molecule has 3 aromatic rings. The SMILES string of the molecule is CC(N)c1nnc(-c2cc(CBr)cc(-c3ccccc3CN)c2)o1. The molecule has 0 bridgehead atoms. The van der Waals surface area contributed by atoms with Gasteiger partial charge < -0.3 is 15.9 Å². The molecule has 0 aliphatic rings. The van der Waals surface area contributed by atoms with Gasteiger partial charge in [0, 0.05) is 17.4 Å². The lowest BCUT2D eigenvalue weighted by Crippen LogP contribution is -2.04. The Hall–Kier alpha value is -2.02. The lowest BCUT2D eigenvalue weighted by atomic mass is 9.96. The Balaban J connectivity index is 2.11. The smallest absolute Gasteiger partial charge is 0.247 e. The van der Waals surface area contributed by atoms with Gasteiger partial charge in [-0.2, -0.15) is 0 Å². The first-order valence-corrected chi connectivity index (χ1v) is 8.82. The average molecular weight is 387 g/mol. The lowest BCUT2D eigenvalue weighted by Gasteiger charge is -2.10. The zero-order valence-corrected chi connectivity index (χ0v) is 15.0. The molecule has 0 amide bonds. The van der Waals surface area contributed by atoms with Gasteiger partial charge in [-0.15, -0.1) is 10.2 Å². The predicted octanol–water partition coefficient (Wildman–Crippen LogP) is 3.78. The van der Waals surface area contributed by atoms with Crippen LogP contribution in [0.15, 0.2) is 46.9 Å². The molecule has 6 heteroatoms. The Morgan fingerprint density at radius 1 is 1.12 bits per heavy atom. The molecule has 1 unspecified atom stereocenters. The third kappa shape index (κ3) is 3.40. The van der Waals surface area contributed by atoms with Crippen LogP contribution < -0.4 is 11.5 Å². The van der Waals surface area contributed by atoms with Crippen LogP contribution in [0, 0.1) is 0 Å². The summed E-state index contributed by atoms with van der Waals surface area (Å²) >= 11 is 3.52. The zero-order valence-electron chi connectivity index (χ0n) is 13.4. The van der Waals surface area contributed by atoms with Crippen molar-refractivity contribution in [1.82, 2.24) is 10.2 Å². The molecule has 1 aromatic heterocycles. The number of halogens is 1. The van der Waals surface area contributed by atoms with Crippen LogP contribution in [0.5, 0.6) is 0 Å². The molecular weight excluding hydrogens is 368 g/mol. The Labute approximate surface area is 149 Å². The van der Waals surface area contributed by atoms with Crippen LogP contribution in [0.25, 0.3) is 22.6 Å². The normalized spacial score (nSPS) is 12.3. The van der Waals surface area contributed by atoms with E-state index in [9.17, 15) is 0 Å². The maximum absolute atomic E-state index is 5.88. The first-order chi connectivity index (χ1) is 11.6. The summed E-state index contributed by atoms with van der Waals surface area (Å²) in [6.07, 6.45) is 0. The average Bonchev–Trinajstić information content (AvgIpc) is 3.11. The number of hydrogen-bond donors (Lipinski definition) is 2. The summed E-state index contributed by atoms with van der Waals surface area (Å²) in [5.41, 5.74) is 16.9. The molecule has 2 aromatic carbocycles. The zero-order chi connectivity index (χ0) is 17.1. The van der Waals surface area contributed by atoms with Crippen molar-refractivity contribution in [3.63, 3.8) is 0 Å². The van der Waals surface area contributed by atoms with E-state index < -0.39 is 0 Å². The second-order valence-corrected chi connectivity index (χ2v) is 6.21. The fourth-order valence-electron chi connectivity index (χ4n) is 2.56. The molecule has 24 heavy (non-hydrogen) atoms. The molecule has 1 heterocycles. The van der Waals surface area contributed by atoms with E-state index in [1.165, 1.54) is 0 Å². The molecular formula is C18H19BrN4O. The Bertz CT molecular complexity index is 845. The number of rotatable bonds is 5. The second kappa shape index (κ2) is 7.25. The standard InChI is InChI=1S/C18H19BrN4O/c1-11(21)17-22-23-18(24-17)15-7-12(9-19)6-14(8-15)16-5-3-2-4-13(16)10-20/h2-8,11H,9-10,20-21H2,1H3. The van der Waals surface area contributed by atoms with Gasteiger partial charge in [-0.1, -0.05) is 46.3 Å². The summed E-state index contributed by atoms with van der Waals surface area (Å²) in [5.74, 6) is 0.898. The van der Waals surface area contributed by atoms with Crippen LogP contribution in [0.2, 0.25) is 0 Å². The van der Waals surface area contributed by atoms with Crippen molar-refractivity contribution in [2.24, 2.45) is 11.5 Å². The maximum atomic E-state index is 5.88. The summed E-state index contributed by atoms with van der Waals surface area (Å²) in [6.45, 7) is 2.30. The van der Waals surface area contributed by atoms with Gasteiger partial charge in [-0.05, 0) is 41.3 Å². The fraction of sp³-hybridized carbons (Fsp3) is 0.222. The van der Waals surface area contributed by atoms with Gasteiger partial charge in [0.1, 0.15) is 0 Å². The topological polar surface area (TPSA) is 91.0 Å². The minimum atomic E-state index is -0.289. The number of nitrogens with zero attached hydrogens (tertiary/aromatic N) is 2. The summed E-state index contributed by atoms with van der Waals surface area (Å²) in [6, 6.07) is 14.0. The largest absolute Gasteiger partial charge is 0.419 e. The van der Waals surface area contributed by atoms with Crippen molar-refractivity contribution in [3.05, 3.63) is 59.5 Å². The monoisotopic (exact) mass is 386 g/mol. The van der Waals surface area contributed by atoms with E-state index in [0.29, 0.717) is 18.3 Å². The number of aromatic nitrogens is 2. The third-order valence-electron chi connectivity index (χ3n) is 3.77. The van der Waals surface area contributed by atoms with Gasteiger partial charge >= 0.3 is 0 Å². The van der Waals surface area contributed by atoms with E-state index in [1.54, 1.807) is 0 Å². The van der Waals surface area contributed by atoms with Gasteiger partial charge in [0.2, 0.25) is 11.8 Å². The minimum absolute atomic E-state index is 0.289. The molecule has 0 fully saturated rings. The van der Waals surface area contributed by atoms with Crippen molar-refractivity contribution in [2.45, 2.75) is 24.8 Å². The van der Waals surface area contributed by atoms with Crippen molar-refractivity contribution >= 4 is 15.9 Å². The van der Waals surface area contributed by atoms with Crippen molar-refractivity contribution < 1.29 is 4.42 Å². The quantitative estimate of drug-likeness (QED) is 0.651. The molecule has 0 aliphatic heterocycles. The minimum Gasteiger partial charge on any atom is -0.419 e. The van der Waals surface area contributed by atoms with E-state index in [2.05, 4.69) is 38.3 Å². The van der Waals surface area contributed by atoms with Crippen LogP contribution in [-0.4, -0.2) is 10.2 Å². The first kappa shape index (κ1) is 16.8. The Kier molecular flexibility index (Phi) is 5.08. The van der Waals surface area contributed by atoms with Crippen LogP contribution in [0.3, 0.4) is 0 Å². The van der Waals surface area contributed by atoms with Gasteiger partial charge in [0.25, 0.3) is 0 Å². The highest BCUT2D eigenvalue weighted by Crippen LogP contribution is 2.31. The number of hydrogen-bond acceptors (Lipinski definition) is 5. The van der Waals surface area contributed by atoms with Gasteiger partial charge in [-0.3, -0.25) is 0 Å². The van der Waals surface area contributed by atoms with E-state index in [4.69, 9.17) is 15.9 Å². The van der Waals surface area contributed by atoms with Gasteiger partial charge in [-0.25, -0.2) is 0 Å². The van der Waals surface area contributed by atoms with E-state index in [0.717, 1.165) is 33.1 Å². The van der Waals surface area contributed by atoms with Gasteiger partial charge in [0.15, 0.2) is 0 Å². The first-order valence-electron chi connectivity index (χ1n) is 7.70. The third-order valence-corrected chi connectivity index (χ3v) is 4.42. The highest BCUT2D eigenvalue weighted by Gasteiger charge is 2.14. The molecule has 1 atom stereocenters. The molecule has 5 nitrogen and oxygen atoms in total.